The van der Waals surface area contributed by atoms with Crippen molar-refractivity contribution in [3.8, 4) is 5.88 Å². The zero-order valence-corrected chi connectivity index (χ0v) is 18.1. The van der Waals surface area contributed by atoms with Crippen LogP contribution in [0.2, 0.25) is 0 Å². The third-order valence-electron chi connectivity index (χ3n) is 5.79. The van der Waals surface area contributed by atoms with Gasteiger partial charge in [0.1, 0.15) is 10.0 Å². The molecule has 0 unspecified atom stereocenters. The van der Waals surface area contributed by atoms with Gasteiger partial charge in [-0.05, 0) is 56.6 Å². The van der Waals surface area contributed by atoms with E-state index in [9.17, 15) is 4.39 Å². The van der Waals surface area contributed by atoms with Gasteiger partial charge in [0, 0.05) is 17.3 Å². The molecule has 0 radical (unpaired) electrons. The van der Waals surface area contributed by atoms with Crippen LogP contribution in [0.25, 0.3) is 0 Å². The average Bonchev–Trinajstić information content (AvgIpc) is 3.15. The van der Waals surface area contributed by atoms with Gasteiger partial charge in [-0.1, -0.05) is 17.4 Å². The minimum absolute atomic E-state index is 0.00184. The Morgan fingerprint density at radius 3 is 2.97 bits per heavy atom. The molecule has 8 nitrogen and oxygen atoms in total. The number of nitrogens with zero attached hydrogens (tertiary/aromatic N) is 5. The van der Waals surface area contributed by atoms with Crippen molar-refractivity contribution < 1.29 is 9.13 Å². The Hall–Kier alpha value is -2.88. The van der Waals surface area contributed by atoms with Crippen molar-refractivity contribution >= 4 is 23.1 Å². The van der Waals surface area contributed by atoms with Crippen LogP contribution in [0.15, 0.2) is 12.1 Å². The van der Waals surface area contributed by atoms with Gasteiger partial charge in [-0.15, -0.1) is 10.2 Å². The molecule has 0 amide bonds. The summed E-state index contributed by atoms with van der Waals surface area (Å²) in [4.78, 5) is 12.7. The molecule has 162 valence electrons. The van der Waals surface area contributed by atoms with E-state index in [0.29, 0.717) is 25.0 Å². The number of ether oxygens (including phenoxy) is 1. The molecule has 3 N–H and O–H groups in total. The molecule has 0 aromatic carbocycles. The number of hydrogen-bond donors (Lipinski definition) is 2. The Kier molecular flexibility index (Phi) is 5.39. The predicted molar refractivity (Wildman–Crippen MR) is 116 cm³/mol. The SMILES string of the molecule is Cc1nnc(CNc2nc(N)nc(OCC[C@H]3C[C@@H]3c3ccc4c(n3)CCC4)c2F)s1. The van der Waals surface area contributed by atoms with Crippen LogP contribution in [-0.2, 0) is 19.4 Å². The number of halogens is 1. The predicted octanol–water partition coefficient (Wildman–Crippen LogP) is 3.43. The van der Waals surface area contributed by atoms with Crippen LogP contribution >= 0.6 is 11.3 Å². The van der Waals surface area contributed by atoms with Crippen LogP contribution in [0.1, 0.15) is 52.1 Å². The van der Waals surface area contributed by atoms with Crippen molar-refractivity contribution in [3.63, 3.8) is 0 Å². The van der Waals surface area contributed by atoms with E-state index in [1.165, 1.54) is 34.7 Å². The molecule has 1 saturated carbocycles. The van der Waals surface area contributed by atoms with Gasteiger partial charge in [0.15, 0.2) is 5.82 Å². The summed E-state index contributed by atoms with van der Waals surface area (Å²) in [5.74, 6) is 0.162. The lowest BCUT2D eigenvalue weighted by Crippen LogP contribution is -2.10. The summed E-state index contributed by atoms with van der Waals surface area (Å²) in [6, 6.07) is 4.39. The maximum Gasteiger partial charge on any atom is 0.257 e. The van der Waals surface area contributed by atoms with E-state index in [-0.39, 0.29) is 17.6 Å². The first kappa shape index (κ1) is 20.0. The lowest BCUT2D eigenvalue weighted by molar-refractivity contribution is 0.275. The molecule has 10 heteroatoms. The molecule has 0 saturated heterocycles. The highest BCUT2D eigenvalue weighted by atomic mass is 32.1. The monoisotopic (exact) mass is 441 g/mol. The van der Waals surface area contributed by atoms with Crippen LogP contribution < -0.4 is 15.8 Å². The average molecular weight is 442 g/mol. The molecule has 3 aromatic rings. The normalized spacial score (nSPS) is 19.3. The summed E-state index contributed by atoms with van der Waals surface area (Å²) in [5.41, 5.74) is 9.59. The Morgan fingerprint density at radius 2 is 2.13 bits per heavy atom. The van der Waals surface area contributed by atoms with Crippen LogP contribution in [0.3, 0.4) is 0 Å². The summed E-state index contributed by atoms with van der Waals surface area (Å²) in [7, 11) is 0. The number of fused-ring (bicyclic) bond motifs is 1. The number of aromatic nitrogens is 5. The molecule has 0 spiro atoms. The molecular formula is C21H24FN7OS. The Balaban J connectivity index is 1.16. The van der Waals surface area contributed by atoms with Gasteiger partial charge in [-0.3, -0.25) is 4.98 Å². The first-order valence-corrected chi connectivity index (χ1v) is 11.4. The van der Waals surface area contributed by atoms with E-state index in [1.807, 2.05) is 6.92 Å². The molecular weight excluding hydrogens is 417 g/mol. The molecule has 0 bridgehead atoms. The molecule has 5 rings (SSSR count). The maximum absolute atomic E-state index is 14.8. The van der Waals surface area contributed by atoms with E-state index >= 15 is 0 Å². The number of aryl methyl sites for hydroxylation is 3. The standard InChI is InChI=1S/C21H24FN7OS/c1-11-28-29-17(31-11)10-24-19-18(22)20(27-21(23)26-19)30-8-7-13-9-14(13)16-6-5-12-3-2-4-15(12)25-16/h5-6,13-14H,2-4,7-10H2,1H3,(H3,23,24,26,27)/t13-,14-/m0/s1. The summed E-state index contributed by atoms with van der Waals surface area (Å²) in [5, 5.41) is 12.4. The second-order valence-corrected chi connectivity index (χ2v) is 9.32. The van der Waals surface area contributed by atoms with Crippen molar-refractivity contribution in [1.29, 1.82) is 0 Å². The molecule has 3 aromatic heterocycles. The summed E-state index contributed by atoms with van der Waals surface area (Å²) in [6.07, 6.45) is 5.36. The first-order valence-electron chi connectivity index (χ1n) is 10.5. The molecule has 1 fully saturated rings. The van der Waals surface area contributed by atoms with Gasteiger partial charge in [0.2, 0.25) is 11.8 Å². The van der Waals surface area contributed by atoms with E-state index in [4.69, 9.17) is 15.5 Å². The molecule has 0 aliphatic heterocycles. The molecule has 2 aliphatic rings. The molecule has 3 heterocycles. The van der Waals surface area contributed by atoms with Crippen LogP contribution in [0, 0.1) is 18.7 Å². The fourth-order valence-electron chi connectivity index (χ4n) is 4.10. The third-order valence-corrected chi connectivity index (χ3v) is 6.63. The van der Waals surface area contributed by atoms with Gasteiger partial charge in [0.05, 0.1) is 13.2 Å². The number of hydrogen-bond acceptors (Lipinski definition) is 9. The first-order chi connectivity index (χ1) is 15.1. The smallest absolute Gasteiger partial charge is 0.257 e. The second kappa shape index (κ2) is 8.33. The minimum atomic E-state index is -0.650. The number of anilines is 2. The number of nitrogen functional groups attached to an aromatic ring is 1. The molecule has 31 heavy (non-hydrogen) atoms. The maximum atomic E-state index is 14.8. The van der Waals surface area contributed by atoms with E-state index in [0.717, 1.165) is 35.7 Å². The lowest BCUT2D eigenvalue weighted by Gasteiger charge is -2.10. The Bertz CT molecular complexity index is 1110. The van der Waals surface area contributed by atoms with Gasteiger partial charge in [0.25, 0.3) is 5.88 Å². The fraction of sp³-hybridized carbons (Fsp3) is 0.476. The van der Waals surface area contributed by atoms with Gasteiger partial charge in [-0.25, -0.2) is 0 Å². The highest BCUT2D eigenvalue weighted by molar-refractivity contribution is 7.11. The van der Waals surface area contributed by atoms with Crippen molar-refractivity contribution in [1.82, 2.24) is 25.1 Å². The number of pyridine rings is 1. The van der Waals surface area contributed by atoms with Crippen LogP contribution in [-0.4, -0.2) is 31.8 Å². The largest absolute Gasteiger partial charge is 0.475 e. The van der Waals surface area contributed by atoms with Gasteiger partial charge in [-0.2, -0.15) is 14.4 Å². The van der Waals surface area contributed by atoms with Crippen LogP contribution in [0.4, 0.5) is 16.2 Å². The summed E-state index contributed by atoms with van der Waals surface area (Å²) >= 11 is 1.43. The summed E-state index contributed by atoms with van der Waals surface area (Å²) < 4.78 is 20.4. The van der Waals surface area contributed by atoms with E-state index < -0.39 is 5.82 Å². The van der Waals surface area contributed by atoms with Crippen molar-refractivity contribution in [2.75, 3.05) is 17.7 Å². The fourth-order valence-corrected chi connectivity index (χ4v) is 4.75. The third kappa shape index (κ3) is 4.43. The van der Waals surface area contributed by atoms with E-state index in [2.05, 4.69) is 37.6 Å². The van der Waals surface area contributed by atoms with E-state index in [1.54, 1.807) is 0 Å². The van der Waals surface area contributed by atoms with Crippen LogP contribution in [0.5, 0.6) is 5.88 Å². The highest BCUT2D eigenvalue weighted by Gasteiger charge is 2.39. The quantitative estimate of drug-likeness (QED) is 0.547. The lowest BCUT2D eigenvalue weighted by atomic mass is 10.1. The summed E-state index contributed by atoms with van der Waals surface area (Å²) in [6.45, 7) is 2.53. The second-order valence-electron chi connectivity index (χ2n) is 8.05. The Labute approximate surface area is 183 Å². The zero-order valence-electron chi connectivity index (χ0n) is 17.3. The highest BCUT2D eigenvalue weighted by Crippen LogP contribution is 2.49. The molecule has 2 aliphatic carbocycles. The van der Waals surface area contributed by atoms with Crippen molar-refractivity contribution in [2.24, 2.45) is 5.92 Å². The zero-order chi connectivity index (χ0) is 21.4. The van der Waals surface area contributed by atoms with Crippen molar-refractivity contribution in [3.05, 3.63) is 44.9 Å². The number of nitrogens with two attached hydrogens (primary N) is 1. The Morgan fingerprint density at radius 1 is 1.23 bits per heavy atom. The minimum Gasteiger partial charge on any atom is -0.475 e. The van der Waals surface area contributed by atoms with Crippen molar-refractivity contribution in [2.45, 2.75) is 51.5 Å². The van der Waals surface area contributed by atoms with Gasteiger partial charge >= 0.3 is 0 Å². The topological polar surface area (TPSA) is 112 Å². The number of rotatable bonds is 8. The molecule has 2 atom stereocenters. The van der Waals surface area contributed by atoms with Gasteiger partial charge < -0.3 is 15.8 Å². The number of nitrogens with one attached hydrogen (secondary N) is 1.